The zero-order chi connectivity index (χ0) is 20.0. The molecule has 5 nitrogen and oxygen atoms in total. The summed E-state index contributed by atoms with van der Waals surface area (Å²) in [5, 5.41) is 6.30. The molecule has 28 heavy (non-hydrogen) atoms. The van der Waals surface area contributed by atoms with Gasteiger partial charge in [0.2, 0.25) is 0 Å². The van der Waals surface area contributed by atoms with Crippen LogP contribution in [0, 0.1) is 0 Å². The third kappa shape index (κ3) is 5.58. The number of ether oxygens (including phenoxy) is 2. The second-order valence-electron chi connectivity index (χ2n) is 7.37. The minimum Gasteiger partial charge on any atom is -0.489 e. The van der Waals surface area contributed by atoms with Crippen molar-refractivity contribution >= 4 is 23.1 Å². The largest absolute Gasteiger partial charge is 0.489 e. The standard InChI is InChI=1S/C23H24N2O3/c1-23(2,3)28-22(26)25-24-15-17-8-6-12-20(14-17)27-16-19-11-7-10-18-9-4-5-13-21(18)19/h4-15H,16H2,1-3H3,(H,25,26). The molecule has 144 valence electrons. The molecular formula is C23H24N2O3. The molecule has 5 heteroatoms. The molecule has 3 rings (SSSR count). The molecule has 0 aliphatic rings. The Morgan fingerprint density at radius 1 is 1.04 bits per heavy atom. The van der Waals surface area contributed by atoms with Gasteiger partial charge in [0.15, 0.2) is 0 Å². The van der Waals surface area contributed by atoms with Crippen LogP contribution in [0.15, 0.2) is 71.8 Å². The summed E-state index contributed by atoms with van der Waals surface area (Å²) in [6, 6.07) is 22.0. The first-order chi connectivity index (χ1) is 13.4. The quantitative estimate of drug-likeness (QED) is 0.487. The smallest absolute Gasteiger partial charge is 0.428 e. The van der Waals surface area contributed by atoms with Crippen molar-refractivity contribution in [3.8, 4) is 5.75 Å². The summed E-state index contributed by atoms with van der Waals surface area (Å²) >= 11 is 0. The minimum atomic E-state index is -0.591. The predicted molar refractivity (Wildman–Crippen MR) is 112 cm³/mol. The van der Waals surface area contributed by atoms with Crippen LogP contribution >= 0.6 is 0 Å². The van der Waals surface area contributed by atoms with Gasteiger partial charge >= 0.3 is 6.09 Å². The Hall–Kier alpha value is -3.34. The fraction of sp³-hybridized carbons (Fsp3) is 0.217. The first-order valence-corrected chi connectivity index (χ1v) is 9.12. The van der Waals surface area contributed by atoms with Crippen LogP contribution in [0.4, 0.5) is 4.79 Å². The van der Waals surface area contributed by atoms with E-state index in [1.165, 1.54) is 10.8 Å². The average Bonchev–Trinajstić information content (AvgIpc) is 2.65. The van der Waals surface area contributed by atoms with Crippen LogP contribution in [-0.2, 0) is 11.3 Å². The van der Waals surface area contributed by atoms with Gasteiger partial charge in [0.25, 0.3) is 0 Å². The van der Waals surface area contributed by atoms with E-state index in [2.05, 4.69) is 34.8 Å². The van der Waals surface area contributed by atoms with Crippen molar-refractivity contribution < 1.29 is 14.3 Å². The molecule has 0 spiro atoms. The first-order valence-electron chi connectivity index (χ1n) is 9.12. The van der Waals surface area contributed by atoms with Gasteiger partial charge in [-0.2, -0.15) is 5.10 Å². The van der Waals surface area contributed by atoms with E-state index in [0.29, 0.717) is 6.61 Å². The number of hydrazone groups is 1. The lowest BCUT2D eigenvalue weighted by atomic mass is 10.1. The molecule has 0 aliphatic heterocycles. The summed E-state index contributed by atoms with van der Waals surface area (Å²) in [5.41, 5.74) is 3.73. The van der Waals surface area contributed by atoms with Crippen LogP contribution in [-0.4, -0.2) is 17.9 Å². The van der Waals surface area contributed by atoms with Crippen LogP contribution in [0.3, 0.4) is 0 Å². The van der Waals surface area contributed by atoms with E-state index in [4.69, 9.17) is 9.47 Å². The fourth-order valence-electron chi connectivity index (χ4n) is 2.72. The lowest BCUT2D eigenvalue weighted by molar-refractivity contribution is 0.0529. The van der Waals surface area contributed by atoms with Crippen molar-refractivity contribution in [1.29, 1.82) is 0 Å². The summed E-state index contributed by atoms with van der Waals surface area (Å²) in [6.07, 6.45) is 0.960. The second kappa shape index (κ2) is 8.57. The Morgan fingerprint density at radius 2 is 1.79 bits per heavy atom. The Labute approximate surface area is 165 Å². The summed E-state index contributed by atoms with van der Waals surface area (Å²) in [6.45, 7) is 5.87. The molecule has 3 aromatic rings. The highest BCUT2D eigenvalue weighted by Crippen LogP contribution is 2.21. The molecule has 3 aromatic carbocycles. The first kappa shape index (κ1) is 19.4. The third-order valence-corrected chi connectivity index (χ3v) is 3.90. The maximum Gasteiger partial charge on any atom is 0.428 e. The lowest BCUT2D eigenvalue weighted by Crippen LogP contribution is -2.29. The number of nitrogens with zero attached hydrogens (tertiary/aromatic N) is 1. The van der Waals surface area contributed by atoms with Gasteiger partial charge in [0.05, 0.1) is 6.21 Å². The Kier molecular flexibility index (Phi) is 5.94. The molecule has 0 heterocycles. The number of hydrogen-bond donors (Lipinski definition) is 1. The summed E-state index contributed by atoms with van der Waals surface area (Å²) < 4.78 is 11.1. The number of carbonyl (C=O) groups is 1. The molecule has 0 saturated carbocycles. The van der Waals surface area contributed by atoms with E-state index in [1.807, 2.05) is 42.5 Å². The zero-order valence-electron chi connectivity index (χ0n) is 16.3. The lowest BCUT2D eigenvalue weighted by Gasteiger charge is -2.18. The van der Waals surface area contributed by atoms with Gasteiger partial charge in [-0.3, -0.25) is 0 Å². The Morgan fingerprint density at radius 3 is 2.61 bits per heavy atom. The van der Waals surface area contributed by atoms with E-state index in [9.17, 15) is 4.79 Å². The van der Waals surface area contributed by atoms with Crippen LogP contribution in [0.25, 0.3) is 10.8 Å². The molecule has 0 unspecified atom stereocenters. The van der Waals surface area contributed by atoms with Gasteiger partial charge in [-0.05, 0) is 54.8 Å². The van der Waals surface area contributed by atoms with Crippen LogP contribution in [0.2, 0.25) is 0 Å². The van der Waals surface area contributed by atoms with Gasteiger partial charge in [-0.15, -0.1) is 0 Å². The SMILES string of the molecule is CC(C)(C)OC(=O)NN=Cc1cccc(OCc2cccc3ccccc23)c1. The number of rotatable bonds is 5. The van der Waals surface area contributed by atoms with Crippen molar-refractivity contribution in [2.45, 2.75) is 33.0 Å². The molecule has 0 aromatic heterocycles. The second-order valence-corrected chi connectivity index (χ2v) is 7.37. The average molecular weight is 376 g/mol. The van der Waals surface area contributed by atoms with Crippen molar-refractivity contribution in [2.75, 3.05) is 0 Å². The summed E-state index contributed by atoms with van der Waals surface area (Å²) in [7, 11) is 0. The predicted octanol–water partition coefficient (Wildman–Crippen LogP) is 5.28. The highest BCUT2D eigenvalue weighted by atomic mass is 16.6. The normalized spacial score (nSPS) is 11.5. The number of benzene rings is 3. The van der Waals surface area contributed by atoms with Crippen molar-refractivity contribution in [1.82, 2.24) is 5.43 Å². The van der Waals surface area contributed by atoms with Gasteiger partial charge in [-0.25, -0.2) is 10.2 Å². The number of amides is 1. The molecule has 1 N–H and O–H groups in total. The van der Waals surface area contributed by atoms with E-state index in [-0.39, 0.29) is 0 Å². The van der Waals surface area contributed by atoms with E-state index >= 15 is 0 Å². The topological polar surface area (TPSA) is 59.9 Å². The van der Waals surface area contributed by atoms with Gasteiger partial charge in [0.1, 0.15) is 18.0 Å². The number of nitrogens with one attached hydrogen (secondary N) is 1. The molecular weight excluding hydrogens is 352 g/mol. The molecule has 0 atom stereocenters. The van der Waals surface area contributed by atoms with E-state index in [0.717, 1.165) is 16.9 Å². The maximum atomic E-state index is 11.6. The highest BCUT2D eigenvalue weighted by molar-refractivity contribution is 5.85. The fourth-order valence-corrected chi connectivity index (χ4v) is 2.72. The molecule has 0 aliphatic carbocycles. The molecule has 0 fully saturated rings. The van der Waals surface area contributed by atoms with Gasteiger partial charge < -0.3 is 9.47 Å². The van der Waals surface area contributed by atoms with Crippen LogP contribution < -0.4 is 10.2 Å². The van der Waals surface area contributed by atoms with Crippen LogP contribution in [0.5, 0.6) is 5.75 Å². The van der Waals surface area contributed by atoms with Crippen LogP contribution in [0.1, 0.15) is 31.9 Å². The van der Waals surface area contributed by atoms with E-state index < -0.39 is 11.7 Å². The molecule has 0 saturated heterocycles. The molecule has 0 radical (unpaired) electrons. The van der Waals surface area contributed by atoms with E-state index in [1.54, 1.807) is 27.0 Å². The highest BCUT2D eigenvalue weighted by Gasteiger charge is 2.15. The Bertz CT molecular complexity index is 985. The van der Waals surface area contributed by atoms with Crippen molar-refractivity contribution in [3.05, 3.63) is 77.9 Å². The maximum absolute atomic E-state index is 11.6. The number of carbonyl (C=O) groups excluding carboxylic acids is 1. The van der Waals surface area contributed by atoms with Crippen molar-refractivity contribution in [2.24, 2.45) is 5.10 Å². The van der Waals surface area contributed by atoms with Crippen molar-refractivity contribution in [3.63, 3.8) is 0 Å². The summed E-state index contributed by atoms with van der Waals surface area (Å²) in [4.78, 5) is 11.6. The third-order valence-electron chi connectivity index (χ3n) is 3.90. The minimum absolute atomic E-state index is 0.470. The monoisotopic (exact) mass is 376 g/mol. The number of hydrogen-bond acceptors (Lipinski definition) is 4. The zero-order valence-corrected chi connectivity index (χ0v) is 16.3. The van der Waals surface area contributed by atoms with Gasteiger partial charge in [0, 0.05) is 0 Å². The van der Waals surface area contributed by atoms with Gasteiger partial charge in [-0.1, -0.05) is 54.6 Å². The number of fused-ring (bicyclic) bond motifs is 1. The molecule has 1 amide bonds. The molecule has 0 bridgehead atoms. The Balaban J connectivity index is 1.62. The summed E-state index contributed by atoms with van der Waals surface area (Å²) in [5.74, 6) is 0.731.